The molecular weight excluding hydrogens is 284 g/mol. The molecule has 1 fully saturated rings. The number of nitriles is 1. The molecule has 0 heterocycles. The molecule has 0 amide bonds. The number of benzene rings is 1. The van der Waals surface area contributed by atoms with Gasteiger partial charge >= 0.3 is 0 Å². The van der Waals surface area contributed by atoms with Crippen LogP contribution in [0.5, 0.6) is 0 Å². The molecule has 2 rings (SSSR count). The van der Waals surface area contributed by atoms with Gasteiger partial charge in [-0.1, -0.05) is 25.8 Å². The molecule has 1 aliphatic rings. The van der Waals surface area contributed by atoms with Gasteiger partial charge in [0.2, 0.25) is 0 Å². The van der Waals surface area contributed by atoms with Crippen LogP contribution >= 0.6 is 0 Å². The summed E-state index contributed by atoms with van der Waals surface area (Å²) in [6.45, 7) is 2.69. The first-order valence-corrected chi connectivity index (χ1v) is 9.14. The van der Waals surface area contributed by atoms with Gasteiger partial charge in [-0.3, -0.25) is 0 Å². The fourth-order valence-corrected chi connectivity index (χ4v) is 4.09. The summed E-state index contributed by atoms with van der Waals surface area (Å²) in [6, 6.07) is 8.63. The molecule has 0 bridgehead atoms. The molecule has 21 heavy (non-hydrogen) atoms. The first-order chi connectivity index (χ1) is 10.0. The molecule has 2 unspecified atom stereocenters. The van der Waals surface area contributed by atoms with E-state index in [1.165, 1.54) is 25.3 Å². The highest BCUT2D eigenvalue weighted by Crippen LogP contribution is 2.23. The fourth-order valence-electron chi connectivity index (χ4n) is 2.88. The van der Waals surface area contributed by atoms with Crippen LogP contribution in [-0.4, -0.2) is 26.8 Å². The minimum Gasteiger partial charge on any atom is -0.313 e. The van der Waals surface area contributed by atoms with Crippen molar-refractivity contribution in [2.24, 2.45) is 5.92 Å². The van der Waals surface area contributed by atoms with Crippen molar-refractivity contribution in [1.29, 1.82) is 5.26 Å². The Bertz CT molecular complexity index is 619. The van der Waals surface area contributed by atoms with Crippen molar-refractivity contribution in [2.75, 3.05) is 12.3 Å². The first kappa shape index (κ1) is 16.0. The van der Waals surface area contributed by atoms with E-state index >= 15 is 0 Å². The highest BCUT2D eigenvalue weighted by Gasteiger charge is 2.21. The van der Waals surface area contributed by atoms with Crippen molar-refractivity contribution in [3.63, 3.8) is 0 Å². The van der Waals surface area contributed by atoms with Gasteiger partial charge in [0.1, 0.15) is 0 Å². The van der Waals surface area contributed by atoms with Gasteiger partial charge < -0.3 is 5.32 Å². The molecule has 0 aromatic heterocycles. The summed E-state index contributed by atoms with van der Waals surface area (Å²) in [7, 11) is -3.32. The molecule has 0 saturated heterocycles. The van der Waals surface area contributed by atoms with Crippen molar-refractivity contribution in [1.82, 2.24) is 5.32 Å². The van der Waals surface area contributed by atoms with Crippen LogP contribution in [-0.2, 0) is 9.84 Å². The van der Waals surface area contributed by atoms with E-state index in [-0.39, 0.29) is 10.6 Å². The van der Waals surface area contributed by atoms with Crippen molar-refractivity contribution >= 4 is 9.84 Å². The molecule has 0 aliphatic heterocycles. The molecular formula is C16H22N2O2S. The van der Waals surface area contributed by atoms with E-state index in [0.29, 0.717) is 24.1 Å². The minimum atomic E-state index is -3.32. The largest absolute Gasteiger partial charge is 0.313 e. The average Bonchev–Trinajstić information content (AvgIpc) is 2.49. The fraction of sp³-hybridized carbons (Fsp3) is 0.562. The van der Waals surface area contributed by atoms with Gasteiger partial charge in [0, 0.05) is 12.6 Å². The Morgan fingerprint density at radius 3 is 2.81 bits per heavy atom. The summed E-state index contributed by atoms with van der Waals surface area (Å²) in [5.41, 5.74) is 0.380. The number of sulfone groups is 1. The summed E-state index contributed by atoms with van der Waals surface area (Å²) >= 11 is 0. The van der Waals surface area contributed by atoms with Crippen LogP contribution in [0.2, 0.25) is 0 Å². The van der Waals surface area contributed by atoms with E-state index in [0.717, 1.165) is 6.42 Å². The molecule has 1 saturated carbocycles. The summed E-state index contributed by atoms with van der Waals surface area (Å²) in [5, 5.41) is 12.2. The van der Waals surface area contributed by atoms with Crippen LogP contribution in [0.3, 0.4) is 0 Å². The Morgan fingerprint density at radius 1 is 1.33 bits per heavy atom. The lowest BCUT2D eigenvalue weighted by molar-refractivity contribution is 0.285. The maximum absolute atomic E-state index is 12.3. The summed E-state index contributed by atoms with van der Waals surface area (Å²) in [4.78, 5) is 0.236. The minimum absolute atomic E-state index is 0.0745. The smallest absolute Gasteiger partial charge is 0.179 e. The molecule has 4 nitrogen and oxygen atoms in total. The van der Waals surface area contributed by atoms with E-state index in [4.69, 9.17) is 5.26 Å². The highest BCUT2D eigenvalue weighted by atomic mass is 32.2. The Balaban J connectivity index is 1.93. The molecule has 1 aliphatic carbocycles. The standard InChI is InChI=1S/C16H22N2O2S/c1-13-5-2-3-8-16(13)18-9-10-21(19,20)15-7-4-6-14(11-15)12-17/h4,6-7,11,13,16,18H,2-3,5,8-10H2,1H3. The van der Waals surface area contributed by atoms with Gasteiger partial charge in [-0.15, -0.1) is 0 Å². The predicted octanol–water partition coefficient (Wildman–Crippen LogP) is 2.50. The van der Waals surface area contributed by atoms with E-state index in [1.54, 1.807) is 18.2 Å². The molecule has 1 aromatic rings. The Hall–Kier alpha value is -1.38. The third-order valence-electron chi connectivity index (χ3n) is 4.21. The van der Waals surface area contributed by atoms with E-state index in [1.807, 2.05) is 6.07 Å². The Morgan fingerprint density at radius 2 is 2.10 bits per heavy atom. The molecule has 1 N–H and O–H groups in total. The highest BCUT2D eigenvalue weighted by molar-refractivity contribution is 7.91. The monoisotopic (exact) mass is 306 g/mol. The molecule has 0 radical (unpaired) electrons. The lowest BCUT2D eigenvalue weighted by atomic mass is 9.86. The number of nitrogens with one attached hydrogen (secondary N) is 1. The van der Waals surface area contributed by atoms with Crippen LogP contribution < -0.4 is 5.32 Å². The lowest BCUT2D eigenvalue weighted by Crippen LogP contribution is -2.39. The molecule has 2 atom stereocenters. The molecule has 1 aromatic carbocycles. The van der Waals surface area contributed by atoms with Crippen LogP contribution in [0.4, 0.5) is 0 Å². The third kappa shape index (κ3) is 4.29. The Kier molecular flexibility index (Phi) is 5.38. The third-order valence-corrected chi connectivity index (χ3v) is 5.92. The number of hydrogen-bond donors (Lipinski definition) is 1. The van der Waals surface area contributed by atoms with Gasteiger partial charge in [0.15, 0.2) is 9.84 Å². The molecule has 114 valence electrons. The van der Waals surface area contributed by atoms with Crippen LogP contribution in [0.25, 0.3) is 0 Å². The summed E-state index contributed by atoms with van der Waals surface area (Å²) in [6.07, 6.45) is 4.84. The number of hydrogen-bond acceptors (Lipinski definition) is 4. The number of nitrogens with zero attached hydrogens (tertiary/aromatic N) is 1. The van der Waals surface area contributed by atoms with Crippen molar-refractivity contribution in [3.8, 4) is 6.07 Å². The van der Waals surface area contributed by atoms with Gasteiger partial charge in [-0.05, 0) is 37.0 Å². The van der Waals surface area contributed by atoms with Crippen molar-refractivity contribution < 1.29 is 8.42 Å². The zero-order valence-corrected chi connectivity index (χ0v) is 13.2. The van der Waals surface area contributed by atoms with Crippen LogP contribution in [0.1, 0.15) is 38.2 Å². The van der Waals surface area contributed by atoms with E-state index in [2.05, 4.69) is 12.2 Å². The van der Waals surface area contributed by atoms with E-state index in [9.17, 15) is 8.42 Å². The van der Waals surface area contributed by atoms with Crippen molar-refractivity contribution in [3.05, 3.63) is 29.8 Å². The van der Waals surface area contributed by atoms with Gasteiger partial charge in [0.25, 0.3) is 0 Å². The first-order valence-electron chi connectivity index (χ1n) is 7.49. The Labute approximate surface area is 127 Å². The second kappa shape index (κ2) is 7.06. The van der Waals surface area contributed by atoms with Gasteiger partial charge in [0.05, 0.1) is 22.3 Å². The SMILES string of the molecule is CC1CCCCC1NCCS(=O)(=O)c1cccc(C#N)c1. The van der Waals surface area contributed by atoms with Gasteiger partial charge in [-0.2, -0.15) is 5.26 Å². The van der Waals surface area contributed by atoms with Crippen LogP contribution in [0, 0.1) is 17.2 Å². The van der Waals surface area contributed by atoms with E-state index < -0.39 is 9.84 Å². The molecule has 0 spiro atoms. The predicted molar refractivity (Wildman–Crippen MR) is 82.6 cm³/mol. The average molecular weight is 306 g/mol. The maximum atomic E-state index is 12.3. The summed E-state index contributed by atoms with van der Waals surface area (Å²) < 4.78 is 24.5. The lowest BCUT2D eigenvalue weighted by Gasteiger charge is -2.29. The normalized spacial score (nSPS) is 22.7. The second-order valence-electron chi connectivity index (χ2n) is 5.78. The molecule has 5 heteroatoms. The summed E-state index contributed by atoms with van der Waals surface area (Å²) in [5.74, 6) is 0.689. The van der Waals surface area contributed by atoms with Crippen molar-refractivity contribution in [2.45, 2.75) is 43.5 Å². The quantitative estimate of drug-likeness (QED) is 0.907. The number of rotatable bonds is 5. The maximum Gasteiger partial charge on any atom is 0.179 e. The zero-order valence-electron chi connectivity index (χ0n) is 12.4. The second-order valence-corrected chi connectivity index (χ2v) is 7.89. The van der Waals surface area contributed by atoms with Crippen LogP contribution in [0.15, 0.2) is 29.2 Å². The van der Waals surface area contributed by atoms with Gasteiger partial charge in [-0.25, -0.2) is 8.42 Å². The topological polar surface area (TPSA) is 70.0 Å². The zero-order chi connectivity index (χ0) is 15.3.